The van der Waals surface area contributed by atoms with Crippen molar-refractivity contribution in [2.45, 2.75) is 30.2 Å². The Bertz CT molecular complexity index is 895. The molecule has 4 N–H and O–H groups in total. The summed E-state index contributed by atoms with van der Waals surface area (Å²) in [6.07, 6.45) is 3.34. The number of anilines is 1. The lowest BCUT2D eigenvalue weighted by Crippen LogP contribution is -2.41. The molecular weight excluding hydrogens is 430 g/mol. The van der Waals surface area contributed by atoms with Gasteiger partial charge in [0, 0.05) is 29.1 Å². The standard InChI is InChI=1S/C23H29N3O3S2/c1-31-12-10-19(23(28)29)26-22(27)17-8-7-16(25-14-20-21(30)9-11-24-20)13-18(17)15-5-3-2-4-6-15/h2-8,13,19-21,24-25,30H,9-12,14H2,1H3,(H,26,27)(H,28,29)/t19-,20?,21-/m0/s1. The highest BCUT2D eigenvalue weighted by Gasteiger charge is 2.24. The first-order chi connectivity index (χ1) is 15.0. The molecule has 8 heteroatoms. The van der Waals surface area contributed by atoms with Gasteiger partial charge in [0.2, 0.25) is 0 Å². The molecule has 0 saturated carbocycles. The van der Waals surface area contributed by atoms with Crippen molar-refractivity contribution >= 4 is 42.0 Å². The molecule has 0 bridgehead atoms. The Balaban J connectivity index is 1.83. The lowest BCUT2D eigenvalue weighted by atomic mass is 9.98. The fourth-order valence-corrected chi connectivity index (χ4v) is 4.44. The van der Waals surface area contributed by atoms with Crippen LogP contribution in [-0.2, 0) is 4.79 Å². The second-order valence-corrected chi connectivity index (χ2v) is 9.22. The van der Waals surface area contributed by atoms with E-state index in [1.165, 1.54) is 0 Å². The largest absolute Gasteiger partial charge is 0.480 e. The first-order valence-corrected chi connectivity index (χ1v) is 12.3. The fourth-order valence-electron chi connectivity index (χ4n) is 3.63. The van der Waals surface area contributed by atoms with E-state index in [-0.39, 0.29) is 5.91 Å². The maximum atomic E-state index is 13.0. The van der Waals surface area contributed by atoms with E-state index in [1.807, 2.05) is 48.7 Å². The number of benzene rings is 2. The number of carbonyl (C=O) groups is 2. The first-order valence-electron chi connectivity index (χ1n) is 10.4. The molecule has 1 aliphatic heterocycles. The summed E-state index contributed by atoms with van der Waals surface area (Å²) >= 11 is 6.18. The molecule has 3 rings (SSSR count). The van der Waals surface area contributed by atoms with Crippen LogP contribution in [0.25, 0.3) is 11.1 Å². The molecule has 0 radical (unpaired) electrons. The molecule has 0 aliphatic carbocycles. The zero-order chi connectivity index (χ0) is 22.2. The van der Waals surface area contributed by atoms with Crippen LogP contribution >= 0.6 is 24.4 Å². The number of amides is 1. The third-order valence-corrected chi connectivity index (χ3v) is 6.66. The van der Waals surface area contributed by atoms with E-state index in [0.29, 0.717) is 29.0 Å². The number of hydrogen-bond acceptors (Lipinski definition) is 6. The summed E-state index contributed by atoms with van der Waals surface area (Å²) in [6, 6.07) is 14.6. The van der Waals surface area contributed by atoms with Crippen LogP contribution in [-0.4, -0.2) is 59.4 Å². The van der Waals surface area contributed by atoms with Crippen LogP contribution < -0.4 is 16.0 Å². The quantitative estimate of drug-likeness (QED) is 0.350. The SMILES string of the molecule is CSCC[C@H](NC(=O)c1ccc(NCC2NCC[C@@H]2S)cc1-c1ccccc1)C(=O)O. The van der Waals surface area contributed by atoms with Gasteiger partial charge in [-0.2, -0.15) is 24.4 Å². The highest BCUT2D eigenvalue weighted by atomic mass is 32.2. The van der Waals surface area contributed by atoms with Crippen molar-refractivity contribution in [3.05, 3.63) is 54.1 Å². The number of carboxylic acids is 1. The molecule has 1 aliphatic rings. The second-order valence-electron chi connectivity index (χ2n) is 7.57. The molecule has 1 heterocycles. The summed E-state index contributed by atoms with van der Waals surface area (Å²) in [5, 5.41) is 19.4. The molecule has 1 saturated heterocycles. The van der Waals surface area contributed by atoms with Crippen LogP contribution in [0.4, 0.5) is 5.69 Å². The van der Waals surface area contributed by atoms with Crippen LogP contribution in [0.1, 0.15) is 23.2 Å². The van der Waals surface area contributed by atoms with E-state index in [2.05, 4.69) is 28.6 Å². The van der Waals surface area contributed by atoms with Crippen molar-refractivity contribution in [1.82, 2.24) is 10.6 Å². The number of aliphatic carboxylic acids is 1. The fraction of sp³-hybridized carbons (Fsp3) is 0.391. The van der Waals surface area contributed by atoms with Gasteiger partial charge in [0.15, 0.2) is 0 Å². The van der Waals surface area contributed by atoms with Gasteiger partial charge in [-0.15, -0.1) is 0 Å². The second kappa shape index (κ2) is 11.5. The molecule has 1 amide bonds. The number of carboxylic acid groups (broad SMARTS) is 1. The topological polar surface area (TPSA) is 90.5 Å². The molecule has 166 valence electrons. The average Bonchev–Trinajstić information content (AvgIpc) is 3.20. The Labute approximate surface area is 193 Å². The Morgan fingerprint density at radius 2 is 2.03 bits per heavy atom. The van der Waals surface area contributed by atoms with Gasteiger partial charge in [0.1, 0.15) is 6.04 Å². The Morgan fingerprint density at radius 3 is 2.68 bits per heavy atom. The molecule has 1 unspecified atom stereocenters. The van der Waals surface area contributed by atoms with E-state index >= 15 is 0 Å². The number of rotatable bonds is 10. The van der Waals surface area contributed by atoms with Crippen LogP contribution in [0.5, 0.6) is 0 Å². The molecular formula is C23H29N3O3S2. The van der Waals surface area contributed by atoms with E-state index in [0.717, 1.165) is 36.3 Å². The van der Waals surface area contributed by atoms with Crippen LogP contribution in [0.3, 0.4) is 0 Å². The number of thiol groups is 1. The third kappa shape index (κ3) is 6.41. The number of thioether (sulfide) groups is 1. The molecule has 31 heavy (non-hydrogen) atoms. The van der Waals surface area contributed by atoms with Crippen molar-refractivity contribution in [3.8, 4) is 11.1 Å². The van der Waals surface area contributed by atoms with E-state index in [9.17, 15) is 14.7 Å². The minimum atomic E-state index is -1.02. The maximum absolute atomic E-state index is 13.0. The van der Waals surface area contributed by atoms with Gasteiger partial charge < -0.3 is 21.1 Å². The van der Waals surface area contributed by atoms with Crippen LogP contribution in [0.2, 0.25) is 0 Å². The average molecular weight is 460 g/mol. The van der Waals surface area contributed by atoms with E-state index < -0.39 is 12.0 Å². The van der Waals surface area contributed by atoms with Gasteiger partial charge in [-0.3, -0.25) is 4.79 Å². The van der Waals surface area contributed by atoms with Gasteiger partial charge in [-0.25, -0.2) is 4.79 Å². The van der Waals surface area contributed by atoms with Crippen molar-refractivity contribution in [2.75, 3.05) is 30.4 Å². The smallest absolute Gasteiger partial charge is 0.326 e. The Kier molecular flexibility index (Phi) is 8.69. The number of carbonyl (C=O) groups excluding carboxylic acids is 1. The summed E-state index contributed by atoms with van der Waals surface area (Å²) in [7, 11) is 0. The number of hydrogen-bond donors (Lipinski definition) is 5. The lowest BCUT2D eigenvalue weighted by Gasteiger charge is -2.19. The molecule has 3 atom stereocenters. The molecule has 0 spiro atoms. The Hall–Kier alpha value is -2.16. The first kappa shape index (κ1) is 23.5. The zero-order valence-electron chi connectivity index (χ0n) is 17.5. The highest BCUT2D eigenvalue weighted by molar-refractivity contribution is 7.98. The van der Waals surface area contributed by atoms with E-state index in [4.69, 9.17) is 0 Å². The van der Waals surface area contributed by atoms with Gasteiger partial charge in [0.25, 0.3) is 5.91 Å². The molecule has 6 nitrogen and oxygen atoms in total. The summed E-state index contributed by atoms with van der Waals surface area (Å²) in [4.78, 5) is 24.6. The van der Waals surface area contributed by atoms with Gasteiger partial charge >= 0.3 is 5.97 Å². The van der Waals surface area contributed by atoms with Crippen molar-refractivity contribution in [1.29, 1.82) is 0 Å². The minimum Gasteiger partial charge on any atom is -0.480 e. The Morgan fingerprint density at radius 1 is 1.26 bits per heavy atom. The minimum absolute atomic E-state index is 0.291. The summed E-state index contributed by atoms with van der Waals surface area (Å²) < 4.78 is 0. The van der Waals surface area contributed by atoms with Crippen LogP contribution in [0.15, 0.2) is 48.5 Å². The van der Waals surface area contributed by atoms with Gasteiger partial charge in [-0.05, 0) is 60.7 Å². The summed E-state index contributed by atoms with van der Waals surface area (Å²) in [5.74, 6) is -0.744. The monoisotopic (exact) mass is 459 g/mol. The van der Waals surface area contributed by atoms with Crippen molar-refractivity contribution in [2.24, 2.45) is 0 Å². The number of nitrogens with one attached hydrogen (secondary N) is 3. The predicted molar refractivity (Wildman–Crippen MR) is 131 cm³/mol. The highest BCUT2D eigenvalue weighted by Crippen LogP contribution is 2.28. The molecule has 2 aromatic carbocycles. The predicted octanol–water partition coefficient (Wildman–Crippen LogP) is 3.36. The van der Waals surface area contributed by atoms with E-state index in [1.54, 1.807) is 17.8 Å². The van der Waals surface area contributed by atoms with Crippen molar-refractivity contribution in [3.63, 3.8) is 0 Å². The molecule has 2 aromatic rings. The molecule has 0 aromatic heterocycles. The summed E-state index contributed by atoms with van der Waals surface area (Å²) in [5.41, 5.74) is 3.03. The third-order valence-electron chi connectivity index (χ3n) is 5.40. The normalized spacial score (nSPS) is 19.0. The lowest BCUT2D eigenvalue weighted by molar-refractivity contribution is -0.139. The van der Waals surface area contributed by atoms with Gasteiger partial charge in [-0.1, -0.05) is 30.3 Å². The summed E-state index contributed by atoms with van der Waals surface area (Å²) in [6.45, 7) is 1.71. The zero-order valence-corrected chi connectivity index (χ0v) is 19.2. The van der Waals surface area contributed by atoms with Crippen molar-refractivity contribution < 1.29 is 14.7 Å². The van der Waals surface area contributed by atoms with Crippen LogP contribution in [0, 0.1) is 0 Å². The maximum Gasteiger partial charge on any atom is 0.326 e. The van der Waals surface area contributed by atoms with Gasteiger partial charge in [0.05, 0.1) is 0 Å². The molecule has 1 fully saturated rings.